The van der Waals surface area contributed by atoms with Gasteiger partial charge >= 0.3 is 0 Å². The largest absolute Gasteiger partial charge is 0.0622 e. The van der Waals surface area contributed by atoms with Gasteiger partial charge in [0.1, 0.15) is 0 Å². The fourth-order valence-corrected chi connectivity index (χ4v) is 12.0. The van der Waals surface area contributed by atoms with Crippen molar-refractivity contribution in [2.45, 2.75) is 24.2 Å². The predicted molar refractivity (Wildman–Crippen MR) is 137 cm³/mol. The zero-order chi connectivity index (χ0) is 20.7. The standard InChI is InChI=1S/C29H26P2/c1-5-13-23(14-6-1)30(24-15-7-2-8-16-24)27-21-29(27)22-28(29)31(25-17-9-3-10-18-25)26-19-11-4-12-20-26/h1-20,27-28H,21-22H2/t27-,28+,29?. The van der Waals surface area contributed by atoms with Gasteiger partial charge in [-0.05, 0) is 66.6 Å². The van der Waals surface area contributed by atoms with E-state index >= 15 is 0 Å². The molecule has 4 aromatic carbocycles. The van der Waals surface area contributed by atoms with Crippen molar-refractivity contribution < 1.29 is 0 Å². The minimum absolute atomic E-state index is 0.303. The summed E-state index contributed by atoms with van der Waals surface area (Å²) in [5, 5.41) is 6.17. The zero-order valence-electron chi connectivity index (χ0n) is 17.5. The lowest BCUT2D eigenvalue weighted by Gasteiger charge is -2.21. The molecular formula is C29H26P2. The Morgan fingerprint density at radius 1 is 0.419 bits per heavy atom. The average Bonchev–Trinajstić information content (AvgIpc) is 3.74. The summed E-state index contributed by atoms with van der Waals surface area (Å²) < 4.78 is 0. The highest BCUT2D eigenvalue weighted by atomic mass is 31.1. The quantitative estimate of drug-likeness (QED) is 0.336. The summed E-state index contributed by atoms with van der Waals surface area (Å²) in [5.41, 5.74) is 2.18. The van der Waals surface area contributed by atoms with E-state index in [9.17, 15) is 0 Å². The van der Waals surface area contributed by atoms with Crippen LogP contribution in [0.15, 0.2) is 121 Å². The second-order valence-electron chi connectivity index (χ2n) is 8.76. The third kappa shape index (κ3) is 3.57. The number of rotatable bonds is 6. The van der Waals surface area contributed by atoms with E-state index in [1.807, 2.05) is 0 Å². The molecule has 152 valence electrons. The summed E-state index contributed by atoms with van der Waals surface area (Å²) in [4.78, 5) is 0. The van der Waals surface area contributed by atoms with Gasteiger partial charge in [0.05, 0.1) is 0 Å². The maximum atomic E-state index is 2.36. The minimum Gasteiger partial charge on any atom is -0.0622 e. The molecular weight excluding hydrogens is 410 g/mol. The highest BCUT2D eigenvalue weighted by Gasteiger charge is 2.74. The van der Waals surface area contributed by atoms with Gasteiger partial charge < -0.3 is 0 Å². The number of benzene rings is 4. The first-order valence-corrected chi connectivity index (χ1v) is 14.0. The smallest absolute Gasteiger partial charge is 0.00597 e. The van der Waals surface area contributed by atoms with Gasteiger partial charge in [-0.2, -0.15) is 0 Å². The first kappa shape index (κ1) is 19.4. The van der Waals surface area contributed by atoms with Crippen LogP contribution in [-0.4, -0.2) is 11.3 Å². The molecule has 0 saturated heterocycles. The Morgan fingerprint density at radius 3 is 0.935 bits per heavy atom. The molecule has 2 aliphatic carbocycles. The van der Waals surface area contributed by atoms with Crippen LogP contribution >= 0.6 is 15.8 Å². The summed E-state index contributed by atoms with van der Waals surface area (Å²) >= 11 is 0. The van der Waals surface area contributed by atoms with Gasteiger partial charge in [0.15, 0.2) is 0 Å². The molecule has 2 heteroatoms. The van der Waals surface area contributed by atoms with E-state index in [0.717, 1.165) is 11.3 Å². The van der Waals surface area contributed by atoms with Gasteiger partial charge in [0, 0.05) is 0 Å². The van der Waals surface area contributed by atoms with Crippen LogP contribution in [0.5, 0.6) is 0 Å². The Labute approximate surface area is 187 Å². The lowest BCUT2D eigenvalue weighted by atomic mass is 10.4. The van der Waals surface area contributed by atoms with E-state index < -0.39 is 0 Å². The van der Waals surface area contributed by atoms with Gasteiger partial charge in [-0.25, -0.2) is 0 Å². The molecule has 1 unspecified atom stereocenters. The topological polar surface area (TPSA) is 0 Å². The molecule has 0 heterocycles. The van der Waals surface area contributed by atoms with Crippen molar-refractivity contribution in [3.05, 3.63) is 121 Å². The molecule has 3 atom stereocenters. The second-order valence-corrected chi connectivity index (χ2v) is 13.5. The van der Waals surface area contributed by atoms with E-state index in [2.05, 4.69) is 121 Å². The SMILES string of the molecule is c1ccc(P(c2ccccc2)[C@H]2CC23C[C@H]3P(c2ccccc2)c2ccccc2)cc1. The molecule has 1 spiro atoms. The average molecular weight is 436 g/mol. The Bertz CT molecular complexity index is 969. The van der Waals surface area contributed by atoms with E-state index in [1.54, 1.807) is 21.2 Å². The van der Waals surface area contributed by atoms with E-state index in [0.29, 0.717) is 5.41 Å². The second kappa shape index (κ2) is 8.02. The van der Waals surface area contributed by atoms with Crippen LogP contribution in [0.2, 0.25) is 0 Å². The molecule has 2 aliphatic rings. The third-order valence-corrected chi connectivity index (χ3v) is 13.0. The molecule has 0 radical (unpaired) electrons. The van der Waals surface area contributed by atoms with Gasteiger partial charge in [-0.15, -0.1) is 0 Å². The van der Waals surface area contributed by atoms with Crippen molar-refractivity contribution in [1.29, 1.82) is 0 Å². The fourth-order valence-electron chi connectivity index (χ4n) is 5.25. The van der Waals surface area contributed by atoms with Gasteiger partial charge in [0.25, 0.3) is 0 Å². The van der Waals surface area contributed by atoms with Crippen LogP contribution in [-0.2, 0) is 0 Å². The Hall–Kier alpha value is -2.26. The molecule has 0 aliphatic heterocycles. The summed E-state index contributed by atoms with van der Waals surface area (Å²) in [6.07, 6.45) is 2.79. The van der Waals surface area contributed by atoms with Gasteiger partial charge in [0.2, 0.25) is 0 Å². The molecule has 0 bridgehead atoms. The van der Waals surface area contributed by atoms with Crippen LogP contribution in [0.4, 0.5) is 0 Å². The minimum atomic E-state index is -0.303. The first-order valence-electron chi connectivity index (χ1n) is 11.2. The fraction of sp³-hybridized carbons (Fsp3) is 0.172. The van der Waals surface area contributed by atoms with Crippen LogP contribution in [0.1, 0.15) is 12.8 Å². The lowest BCUT2D eigenvalue weighted by Crippen LogP contribution is -2.18. The Kier molecular flexibility index (Phi) is 5.02. The molecule has 31 heavy (non-hydrogen) atoms. The normalized spacial score (nSPS) is 23.9. The van der Waals surface area contributed by atoms with Gasteiger partial charge in [-0.1, -0.05) is 121 Å². The van der Waals surface area contributed by atoms with Crippen molar-refractivity contribution in [3.8, 4) is 0 Å². The lowest BCUT2D eigenvalue weighted by molar-refractivity contribution is 0.905. The molecule has 0 aromatic heterocycles. The highest BCUT2D eigenvalue weighted by molar-refractivity contribution is 7.75. The number of hydrogen-bond donors (Lipinski definition) is 0. The monoisotopic (exact) mass is 436 g/mol. The van der Waals surface area contributed by atoms with Crippen molar-refractivity contribution in [1.82, 2.24) is 0 Å². The summed E-state index contributed by atoms with van der Waals surface area (Å²) in [6.45, 7) is 0. The molecule has 0 N–H and O–H groups in total. The van der Waals surface area contributed by atoms with Crippen LogP contribution in [0, 0.1) is 5.41 Å². The summed E-state index contributed by atoms with van der Waals surface area (Å²) in [7, 11) is -0.606. The Morgan fingerprint density at radius 2 is 0.677 bits per heavy atom. The maximum Gasteiger partial charge on any atom is -0.00597 e. The van der Waals surface area contributed by atoms with Crippen LogP contribution in [0.3, 0.4) is 0 Å². The van der Waals surface area contributed by atoms with Gasteiger partial charge in [-0.3, -0.25) is 0 Å². The molecule has 4 aromatic rings. The summed E-state index contributed by atoms with van der Waals surface area (Å²) in [5.74, 6) is 0. The first-order chi connectivity index (χ1) is 15.4. The van der Waals surface area contributed by atoms with E-state index in [4.69, 9.17) is 0 Å². The summed E-state index contributed by atoms with van der Waals surface area (Å²) in [6, 6.07) is 45.2. The molecule has 0 amide bonds. The zero-order valence-corrected chi connectivity index (χ0v) is 19.3. The van der Waals surface area contributed by atoms with E-state index in [1.165, 1.54) is 12.8 Å². The van der Waals surface area contributed by atoms with Crippen molar-refractivity contribution >= 4 is 37.1 Å². The maximum absolute atomic E-state index is 2.36. The van der Waals surface area contributed by atoms with Crippen molar-refractivity contribution in [2.24, 2.45) is 5.41 Å². The highest BCUT2D eigenvalue weighted by Crippen LogP contribution is 2.82. The molecule has 2 saturated carbocycles. The molecule has 0 nitrogen and oxygen atoms in total. The van der Waals surface area contributed by atoms with Crippen LogP contribution in [0.25, 0.3) is 0 Å². The van der Waals surface area contributed by atoms with E-state index in [-0.39, 0.29) is 15.8 Å². The molecule has 2 fully saturated rings. The number of hydrogen-bond acceptors (Lipinski definition) is 0. The van der Waals surface area contributed by atoms with Crippen molar-refractivity contribution in [3.63, 3.8) is 0 Å². The molecule has 6 rings (SSSR count). The predicted octanol–water partition coefficient (Wildman–Crippen LogP) is 5.78. The Balaban J connectivity index is 1.35. The third-order valence-electron chi connectivity index (χ3n) is 6.91. The van der Waals surface area contributed by atoms with Crippen LogP contribution < -0.4 is 21.2 Å². The van der Waals surface area contributed by atoms with Crippen molar-refractivity contribution in [2.75, 3.05) is 0 Å².